The third-order valence-corrected chi connectivity index (χ3v) is 3.46. The summed E-state index contributed by atoms with van der Waals surface area (Å²) in [6.07, 6.45) is 15.4. The minimum Gasteiger partial charge on any atom is -0.0992 e. The largest absolute Gasteiger partial charge is 0.0992 e. The van der Waals surface area contributed by atoms with Crippen LogP contribution in [0.3, 0.4) is 0 Å². The van der Waals surface area contributed by atoms with Crippen LogP contribution >= 0.6 is 0 Å². The van der Waals surface area contributed by atoms with E-state index in [1.54, 1.807) is 5.57 Å². The SMILES string of the molecule is C=C1C=C(CCCCCCCCC)CC(=C)C1. The maximum atomic E-state index is 4.09. The summed E-state index contributed by atoms with van der Waals surface area (Å²) in [4.78, 5) is 0. The molecule has 0 nitrogen and oxygen atoms in total. The summed E-state index contributed by atoms with van der Waals surface area (Å²) in [5.41, 5.74) is 4.15. The number of allylic oxidation sites excluding steroid dienone is 4. The van der Waals surface area contributed by atoms with Crippen molar-refractivity contribution in [2.75, 3.05) is 0 Å². The highest BCUT2D eigenvalue weighted by Crippen LogP contribution is 2.28. The Morgan fingerprint density at radius 3 is 2.24 bits per heavy atom. The van der Waals surface area contributed by atoms with Gasteiger partial charge in [0, 0.05) is 0 Å². The van der Waals surface area contributed by atoms with Crippen LogP contribution in [0.2, 0.25) is 0 Å². The molecule has 0 fully saturated rings. The molecule has 1 aliphatic carbocycles. The third kappa shape index (κ3) is 6.51. The fourth-order valence-corrected chi connectivity index (χ4v) is 2.57. The molecule has 0 aromatic carbocycles. The lowest BCUT2D eigenvalue weighted by molar-refractivity contribution is 0.586. The Morgan fingerprint density at radius 1 is 0.941 bits per heavy atom. The van der Waals surface area contributed by atoms with Crippen LogP contribution in [-0.4, -0.2) is 0 Å². The number of hydrogen-bond acceptors (Lipinski definition) is 0. The van der Waals surface area contributed by atoms with Gasteiger partial charge >= 0.3 is 0 Å². The van der Waals surface area contributed by atoms with Crippen LogP contribution in [0.1, 0.15) is 71.1 Å². The number of hydrogen-bond donors (Lipinski definition) is 0. The number of rotatable bonds is 8. The lowest BCUT2D eigenvalue weighted by Gasteiger charge is -2.16. The van der Waals surface area contributed by atoms with Crippen molar-refractivity contribution in [3.05, 3.63) is 36.0 Å². The molecular weight excluding hydrogens is 204 g/mol. The molecule has 0 heteroatoms. The first-order valence-corrected chi connectivity index (χ1v) is 7.26. The average Bonchev–Trinajstić information content (AvgIpc) is 2.26. The molecule has 0 atom stereocenters. The number of unbranched alkanes of at least 4 members (excludes halogenated alkanes) is 6. The van der Waals surface area contributed by atoms with Crippen LogP contribution in [0.15, 0.2) is 36.0 Å². The predicted octanol–water partition coefficient (Wildman–Crippen LogP) is 5.96. The highest BCUT2D eigenvalue weighted by atomic mass is 14.1. The quantitative estimate of drug-likeness (QED) is 0.358. The molecule has 0 aromatic rings. The zero-order valence-electron chi connectivity index (χ0n) is 11.6. The molecule has 0 bridgehead atoms. The van der Waals surface area contributed by atoms with E-state index in [0.717, 1.165) is 12.8 Å². The minimum atomic E-state index is 1.01. The van der Waals surface area contributed by atoms with Crippen molar-refractivity contribution in [1.82, 2.24) is 0 Å². The summed E-state index contributed by atoms with van der Waals surface area (Å²) in [5.74, 6) is 0. The van der Waals surface area contributed by atoms with Crippen molar-refractivity contribution in [3.63, 3.8) is 0 Å². The van der Waals surface area contributed by atoms with Crippen molar-refractivity contribution < 1.29 is 0 Å². The lowest BCUT2D eigenvalue weighted by atomic mass is 9.89. The van der Waals surface area contributed by atoms with Gasteiger partial charge in [0.15, 0.2) is 0 Å². The summed E-state index contributed by atoms with van der Waals surface area (Å²) in [6, 6.07) is 0. The normalized spacial score (nSPS) is 16.2. The molecule has 0 aliphatic heterocycles. The van der Waals surface area contributed by atoms with Crippen LogP contribution in [0, 0.1) is 0 Å². The molecule has 0 heterocycles. The van der Waals surface area contributed by atoms with Crippen molar-refractivity contribution >= 4 is 0 Å². The highest BCUT2D eigenvalue weighted by molar-refractivity contribution is 5.33. The Labute approximate surface area is 108 Å². The fraction of sp³-hybridized carbons (Fsp3) is 0.647. The molecule has 0 unspecified atom stereocenters. The molecule has 0 N–H and O–H groups in total. The second kappa shape index (κ2) is 8.33. The topological polar surface area (TPSA) is 0 Å². The van der Waals surface area contributed by atoms with E-state index in [2.05, 4.69) is 26.2 Å². The van der Waals surface area contributed by atoms with Gasteiger partial charge in [-0.2, -0.15) is 0 Å². The summed E-state index contributed by atoms with van der Waals surface area (Å²) < 4.78 is 0. The van der Waals surface area contributed by atoms with Gasteiger partial charge in [-0.1, -0.05) is 81.4 Å². The molecular formula is C17H28. The molecule has 1 aliphatic rings. The van der Waals surface area contributed by atoms with Gasteiger partial charge in [-0.05, 0) is 25.7 Å². The monoisotopic (exact) mass is 232 g/mol. The molecule has 96 valence electrons. The minimum absolute atomic E-state index is 1.01. The van der Waals surface area contributed by atoms with E-state index in [0.29, 0.717) is 0 Å². The molecule has 0 saturated carbocycles. The maximum absolute atomic E-state index is 4.09. The Hall–Kier alpha value is -0.780. The lowest BCUT2D eigenvalue weighted by Crippen LogP contribution is -1.97. The standard InChI is InChI=1S/C17H28/c1-4-5-6-7-8-9-10-11-17-13-15(2)12-16(3)14-17/h13H,2-12,14H2,1H3. The second-order valence-corrected chi connectivity index (χ2v) is 5.44. The second-order valence-electron chi connectivity index (χ2n) is 5.44. The van der Waals surface area contributed by atoms with Crippen molar-refractivity contribution in [1.29, 1.82) is 0 Å². The Bertz CT molecular complexity index is 280. The van der Waals surface area contributed by atoms with Gasteiger partial charge in [0.05, 0.1) is 0 Å². The van der Waals surface area contributed by atoms with Crippen LogP contribution in [0.25, 0.3) is 0 Å². The summed E-state index contributed by atoms with van der Waals surface area (Å²) in [7, 11) is 0. The first-order chi connectivity index (χ1) is 8.22. The maximum Gasteiger partial charge on any atom is -0.00725 e. The Kier molecular flexibility index (Phi) is 7.00. The van der Waals surface area contributed by atoms with Crippen LogP contribution in [0.4, 0.5) is 0 Å². The zero-order chi connectivity index (χ0) is 12.5. The van der Waals surface area contributed by atoms with Gasteiger partial charge in [-0.15, -0.1) is 0 Å². The molecule has 0 saturated heterocycles. The van der Waals surface area contributed by atoms with Crippen molar-refractivity contribution in [2.45, 2.75) is 71.1 Å². The van der Waals surface area contributed by atoms with E-state index in [-0.39, 0.29) is 0 Å². The van der Waals surface area contributed by atoms with Crippen LogP contribution < -0.4 is 0 Å². The van der Waals surface area contributed by atoms with Crippen molar-refractivity contribution in [3.8, 4) is 0 Å². The summed E-state index contributed by atoms with van der Waals surface area (Å²) >= 11 is 0. The molecule has 0 aromatic heterocycles. The van der Waals surface area contributed by atoms with Gasteiger partial charge in [-0.25, -0.2) is 0 Å². The summed E-state index contributed by atoms with van der Waals surface area (Å²) in [5, 5.41) is 0. The molecule has 0 radical (unpaired) electrons. The first kappa shape index (κ1) is 14.3. The van der Waals surface area contributed by atoms with Crippen LogP contribution in [-0.2, 0) is 0 Å². The van der Waals surface area contributed by atoms with Crippen molar-refractivity contribution in [2.24, 2.45) is 0 Å². The van der Waals surface area contributed by atoms with E-state index in [9.17, 15) is 0 Å². The van der Waals surface area contributed by atoms with Gasteiger partial charge < -0.3 is 0 Å². The predicted molar refractivity (Wildman–Crippen MR) is 78.2 cm³/mol. The van der Waals surface area contributed by atoms with Crippen LogP contribution in [0.5, 0.6) is 0 Å². The third-order valence-electron chi connectivity index (χ3n) is 3.46. The van der Waals surface area contributed by atoms with Gasteiger partial charge in [0.1, 0.15) is 0 Å². The highest BCUT2D eigenvalue weighted by Gasteiger charge is 2.08. The Morgan fingerprint density at radius 2 is 1.59 bits per heavy atom. The zero-order valence-corrected chi connectivity index (χ0v) is 11.6. The fourth-order valence-electron chi connectivity index (χ4n) is 2.57. The molecule has 17 heavy (non-hydrogen) atoms. The summed E-state index contributed by atoms with van der Waals surface area (Å²) in [6.45, 7) is 10.4. The molecule has 1 rings (SSSR count). The molecule has 0 spiro atoms. The molecule has 0 amide bonds. The van der Waals surface area contributed by atoms with E-state index in [1.807, 2.05) is 0 Å². The van der Waals surface area contributed by atoms with Gasteiger partial charge in [-0.3, -0.25) is 0 Å². The van der Waals surface area contributed by atoms with E-state index in [1.165, 1.54) is 62.5 Å². The van der Waals surface area contributed by atoms with E-state index in [4.69, 9.17) is 0 Å². The van der Waals surface area contributed by atoms with E-state index < -0.39 is 0 Å². The van der Waals surface area contributed by atoms with E-state index >= 15 is 0 Å². The Balaban J connectivity index is 2.06. The van der Waals surface area contributed by atoms with Gasteiger partial charge in [0.25, 0.3) is 0 Å². The van der Waals surface area contributed by atoms with Gasteiger partial charge in [0.2, 0.25) is 0 Å². The first-order valence-electron chi connectivity index (χ1n) is 7.26. The smallest absolute Gasteiger partial charge is 0.00725 e. The average molecular weight is 232 g/mol.